The summed E-state index contributed by atoms with van der Waals surface area (Å²) >= 11 is 1.77. The molecule has 2 rings (SSSR count). The highest BCUT2D eigenvalue weighted by atomic mass is 32.2. The number of aromatic nitrogens is 2. The van der Waals surface area contributed by atoms with E-state index in [2.05, 4.69) is 17.1 Å². The summed E-state index contributed by atoms with van der Waals surface area (Å²) in [7, 11) is 0. The van der Waals surface area contributed by atoms with Gasteiger partial charge in [0.25, 0.3) is 5.89 Å². The van der Waals surface area contributed by atoms with Crippen molar-refractivity contribution in [3.63, 3.8) is 0 Å². The number of nitrogens with two attached hydrogens (primary N) is 1. The van der Waals surface area contributed by atoms with Crippen molar-refractivity contribution in [2.75, 3.05) is 11.5 Å². The molecule has 0 aliphatic heterocycles. The van der Waals surface area contributed by atoms with Crippen LogP contribution in [0.1, 0.15) is 18.3 Å². The van der Waals surface area contributed by atoms with Crippen LogP contribution in [0, 0.1) is 6.92 Å². The predicted molar refractivity (Wildman–Crippen MR) is 70.7 cm³/mol. The van der Waals surface area contributed by atoms with Gasteiger partial charge in [0.15, 0.2) is 5.82 Å². The zero-order chi connectivity index (χ0) is 12.3. The smallest absolute Gasteiger partial charge is 0.258 e. The summed E-state index contributed by atoms with van der Waals surface area (Å²) in [5.41, 5.74) is 8.48. The Kier molecular flexibility index (Phi) is 3.68. The van der Waals surface area contributed by atoms with Gasteiger partial charge in [-0.1, -0.05) is 18.1 Å². The van der Waals surface area contributed by atoms with Crippen molar-refractivity contribution in [3.8, 4) is 11.5 Å². The fourth-order valence-electron chi connectivity index (χ4n) is 1.50. The van der Waals surface area contributed by atoms with Gasteiger partial charge < -0.3 is 10.3 Å². The first-order valence-corrected chi connectivity index (χ1v) is 6.63. The maximum absolute atomic E-state index is 5.85. The summed E-state index contributed by atoms with van der Waals surface area (Å²) in [5.74, 6) is 3.10. The molecule has 0 aliphatic rings. The van der Waals surface area contributed by atoms with Gasteiger partial charge in [-0.15, -0.1) is 0 Å². The first kappa shape index (κ1) is 12.0. The largest absolute Gasteiger partial charge is 0.398 e. The molecule has 0 saturated heterocycles. The van der Waals surface area contributed by atoms with Gasteiger partial charge in [-0.3, -0.25) is 0 Å². The molecule has 2 aromatic rings. The second-order valence-corrected chi connectivity index (χ2v) is 4.95. The van der Waals surface area contributed by atoms with Crippen LogP contribution in [0.4, 0.5) is 5.69 Å². The van der Waals surface area contributed by atoms with E-state index in [9.17, 15) is 0 Å². The lowest BCUT2D eigenvalue weighted by Crippen LogP contribution is -1.92. The van der Waals surface area contributed by atoms with Crippen LogP contribution < -0.4 is 5.73 Å². The lowest BCUT2D eigenvalue weighted by Gasteiger charge is -2.02. The van der Waals surface area contributed by atoms with Crippen molar-refractivity contribution >= 4 is 17.4 Å². The van der Waals surface area contributed by atoms with Crippen LogP contribution in [-0.2, 0) is 5.75 Å². The monoisotopic (exact) mass is 249 g/mol. The van der Waals surface area contributed by atoms with E-state index in [0.29, 0.717) is 5.89 Å². The van der Waals surface area contributed by atoms with Crippen molar-refractivity contribution in [1.29, 1.82) is 0 Å². The average Bonchev–Trinajstić information content (AvgIpc) is 2.78. The number of benzene rings is 1. The van der Waals surface area contributed by atoms with E-state index < -0.39 is 0 Å². The van der Waals surface area contributed by atoms with Crippen LogP contribution in [0.15, 0.2) is 22.7 Å². The summed E-state index contributed by atoms with van der Waals surface area (Å²) in [4.78, 5) is 4.37. The lowest BCUT2D eigenvalue weighted by molar-refractivity contribution is 0.425. The molecule has 2 N–H and O–H groups in total. The van der Waals surface area contributed by atoms with Crippen molar-refractivity contribution in [1.82, 2.24) is 10.1 Å². The van der Waals surface area contributed by atoms with Gasteiger partial charge >= 0.3 is 0 Å². The first-order chi connectivity index (χ1) is 8.22. The average molecular weight is 249 g/mol. The van der Waals surface area contributed by atoms with Gasteiger partial charge in [-0.2, -0.15) is 16.7 Å². The normalized spacial score (nSPS) is 10.7. The van der Waals surface area contributed by atoms with Crippen LogP contribution >= 0.6 is 11.8 Å². The molecule has 17 heavy (non-hydrogen) atoms. The Balaban J connectivity index is 2.27. The molecule has 4 nitrogen and oxygen atoms in total. The van der Waals surface area contributed by atoms with Crippen molar-refractivity contribution < 1.29 is 4.52 Å². The molecule has 0 atom stereocenters. The van der Waals surface area contributed by atoms with Gasteiger partial charge in [0.2, 0.25) is 0 Å². The fraction of sp³-hybridized carbons (Fsp3) is 0.333. The third-order valence-corrected chi connectivity index (χ3v) is 3.38. The minimum absolute atomic E-state index is 0.543. The van der Waals surface area contributed by atoms with Gasteiger partial charge in [0, 0.05) is 11.3 Å². The number of anilines is 1. The Bertz CT molecular complexity index is 510. The van der Waals surface area contributed by atoms with E-state index in [1.165, 1.54) is 0 Å². The number of hydrogen-bond donors (Lipinski definition) is 1. The maximum Gasteiger partial charge on any atom is 0.258 e. The third kappa shape index (κ3) is 2.61. The second-order valence-electron chi connectivity index (χ2n) is 3.67. The van der Waals surface area contributed by atoms with Crippen LogP contribution in [0.2, 0.25) is 0 Å². The molecule has 0 bridgehead atoms. The van der Waals surface area contributed by atoms with Crippen LogP contribution in [0.5, 0.6) is 0 Å². The van der Waals surface area contributed by atoms with Gasteiger partial charge in [0.1, 0.15) is 0 Å². The highest BCUT2D eigenvalue weighted by Gasteiger charge is 2.11. The molecule has 0 fully saturated rings. The minimum Gasteiger partial charge on any atom is -0.398 e. The Morgan fingerprint density at radius 3 is 3.00 bits per heavy atom. The van der Waals surface area contributed by atoms with Crippen molar-refractivity contribution in [2.45, 2.75) is 19.6 Å². The van der Waals surface area contributed by atoms with E-state index in [1.54, 1.807) is 11.8 Å². The van der Waals surface area contributed by atoms with Crippen molar-refractivity contribution in [2.24, 2.45) is 0 Å². The Morgan fingerprint density at radius 2 is 2.24 bits per heavy atom. The van der Waals surface area contributed by atoms with E-state index >= 15 is 0 Å². The zero-order valence-electron chi connectivity index (χ0n) is 9.93. The van der Waals surface area contributed by atoms with Crippen molar-refractivity contribution in [3.05, 3.63) is 29.6 Å². The molecule has 5 heteroatoms. The molecule has 0 radical (unpaired) electrons. The molecule has 0 saturated carbocycles. The van der Waals surface area contributed by atoms with Crippen LogP contribution in [-0.4, -0.2) is 15.9 Å². The summed E-state index contributed by atoms with van der Waals surface area (Å²) in [6, 6.07) is 5.70. The molecule has 1 heterocycles. The van der Waals surface area contributed by atoms with Crippen LogP contribution in [0.25, 0.3) is 11.5 Å². The van der Waals surface area contributed by atoms with Gasteiger partial charge in [-0.25, -0.2) is 0 Å². The molecule has 1 aromatic heterocycles. The Morgan fingerprint density at radius 1 is 1.41 bits per heavy atom. The molecule has 0 aliphatic carbocycles. The molecule has 0 amide bonds. The third-order valence-electron chi connectivity index (χ3n) is 2.51. The zero-order valence-corrected chi connectivity index (χ0v) is 10.8. The highest BCUT2D eigenvalue weighted by molar-refractivity contribution is 7.98. The maximum atomic E-state index is 5.85. The highest BCUT2D eigenvalue weighted by Crippen LogP contribution is 2.25. The van der Waals surface area contributed by atoms with Crippen LogP contribution in [0.3, 0.4) is 0 Å². The summed E-state index contributed by atoms with van der Waals surface area (Å²) in [6.07, 6.45) is 0. The predicted octanol–water partition coefficient (Wildman–Crippen LogP) is 2.88. The van der Waals surface area contributed by atoms with E-state index in [4.69, 9.17) is 10.3 Å². The minimum atomic E-state index is 0.543. The summed E-state index contributed by atoms with van der Waals surface area (Å²) < 4.78 is 5.25. The number of thioether (sulfide) groups is 1. The standard InChI is InChI=1S/C12H15N3OS/c1-3-17-7-11-14-12(16-15-11)9-5-4-6-10(13)8(9)2/h4-6H,3,7,13H2,1-2H3. The Hall–Kier alpha value is -1.49. The molecule has 0 spiro atoms. The quantitative estimate of drug-likeness (QED) is 0.844. The lowest BCUT2D eigenvalue weighted by atomic mass is 10.1. The van der Waals surface area contributed by atoms with E-state index in [-0.39, 0.29) is 0 Å². The molecule has 0 unspecified atom stereocenters. The van der Waals surface area contributed by atoms with E-state index in [1.807, 2.05) is 25.1 Å². The topological polar surface area (TPSA) is 64.9 Å². The van der Waals surface area contributed by atoms with Gasteiger partial charge in [-0.05, 0) is 30.4 Å². The molecule has 1 aromatic carbocycles. The summed E-state index contributed by atoms with van der Waals surface area (Å²) in [6.45, 7) is 4.06. The van der Waals surface area contributed by atoms with Gasteiger partial charge in [0.05, 0.1) is 5.75 Å². The number of rotatable bonds is 4. The number of nitrogen functional groups attached to an aromatic ring is 1. The molecular weight excluding hydrogens is 234 g/mol. The Labute approximate surface area is 105 Å². The second kappa shape index (κ2) is 5.23. The number of nitrogens with zero attached hydrogens (tertiary/aromatic N) is 2. The fourth-order valence-corrected chi connectivity index (χ4v) is 2.00. The SMILES string of the molecule is CCSCc1noc(-c2cccc(N)c2C)n1. The summed E-state index contributed by atoms with van der Waals surface area (Å²) in [5, 5.41) is 3.95. The molecular formula is C12H15N3OS. The van der Waals surface area contributed by atoms with E-state index in [0.717, 1.165) is 34.1 Å². The first-order valence-electron chi connectivity index (χ1n) is 5.48. The molecule has 90 valence electrons. The number of hydrogen-bond acceptors (Lipinski definition) is 5.